The van der Waals surface area contributed by atoms with Crippen molar-refractivity contribution in [3.05, 3.63) is 29.0 Å². The van der Waals surface area contributed by atoms with Gasteiger partial charge in [0.25, 0.3) is 0 Å². The van der Waals surface area contributed by atoms with Crippen LogP contribution < -0.4 is 4.90 Å². The zero-order valence-electron chi connectivity index (χ0n) is 11.3. The number of hydrogen-bond donors (Lipinski definition) is 1. The van der Waals surface area contributed by atoms with Gasteiger partial charge in [0.2, 0.25) is 5.91 Å². The number of thioether (sulfide) groups is 1. The highest BCUT2D eigenvalue weighted by Crippen LogP contribution is 2.33. The molecule has 1 amide bonds. The molecular formula is C14H17ClFNO2S. The van der Waals surface area contributed by atoms with Gasteiger partial charge < -0.3 is 10.0 Å². The fourth-order valence-electron chi connectivity index (χ4n) is 2.06. The SMILES string of the molecule is C[C@H](O)[C@@H](C)S[C@@H]1CCN(c2ccc(F)c(Cl)c2)C1=O. The summed E-state index contributed by atoms with van der Waals surface area (Å²) in [5.41, 5.74) is 0.620. The summed E-state index contributed by atoms with van der Waals surface area (Å²) >= 11 is 7.23. The lowest BCUT2D eigenvalue weighted by Crippen LogP contribution is -2.30. The summed E-state index contributed by atoms with van der Waals surface area (Å²) < 4.78 is 13.2. The van der Waals surface area contributed by atoms with E-state index in [0.29, 0.717) is 12.2 Å². The van der Waals surface area contributed by atoms with Crippen molar-refractivity contribution in [1.29, 1.82) is 0 Å². The van der Waals surface area contributed by atoms with Crippen LogP contribution in [-0.4, -0.2) is 34.2 Å². The number of benzene rings is 1. The lowest BCUT2D eigenvalue weighted by atomic mass is 10.3. The maximum atomic E-state index is 13.2. The molecule has 0 saturated carbocycles. The molecule has 1 N–H and O–H groups in total. The molecule has 3 atom stereocenters. The van der Waals surface area contributed by atoms with Gasteiger partial charge in [0.05, 0.1) is 16.4 Å². The van der Waals surface area contributed by atoms with E-state index in [9.17, 15) is 14.3 Å². The Morgan fingerprint density at radius 3 is 2.80 bits per heavy atom. The van der Waals surface area contributed by atoms with Gasteiger partial charge in [-0.3, -0.25) is 4.79 Å². The molecule has 1 fully saturated rings. The highest BCUT2D eigenvalue weighted by Gasteiger charge is 2.34. The molecule has 0 spiro atoms. The van der Waals surface area contributed by atoms with Crippen LogP contribution in [0.15, 0.2) is 18.2 Å². The summed E-state index contributed by atoms with van der Waals surface area (Å²) in [5, 5.41) is 9.37. The third-order valence-electron chi connectivity index (χ3n) is 3.43. The molecule has 2 rings (SSSR count). The first-order valence-corrected chi connectivity index (χ1v) is 7.82. The molecule has 1 aromatic carbocycles. The minimum atomic E-state index is -0.490. The van der Waals surface area contributed by atoms with Crippen molar-refractivity contribution in [2.24, 2.45) is 0 Å². The number of hydrogen-bond acceptors (Lipinski definition) is 3. The van der Waals surface area contributed by atoms with Crippen LogP contribution in [0.1, 0.15) is 20.3 Å². The highest BCUT2D eigenvalue weighted by molar-refractivity contribution is 8.01. The molecule has 110 valence electrons. The number of amides is 1. The zero-order valence-corrected chi connectivity index (χ0v) is 12.9. The third-order valence-corrected chi connectivity index (χ3v) is 5.31. The van der Waals surface area contributed by atoms with Crippen molar-refractivity contribution < 1.29 is 14.3 Å². The predicted octanol–water partition coefficient (Wildman–Crippen LogP) is 3.09. The molecule has 1 heterocycles. The fraction of sp³-hybridized carbons (Fsp3) is 0.500. The number of carbonyl (C=O) groups excluding carboxylic acids is 1. The van der Waals surface area contributed by atoms with Gasteiger partial charge in [0, 0.05) is 17.5 Å². The van der Waals surface area contributed by atoms with Crippen LogP contribution in [0.4, 0.5) is 10.1 Å². The van der Waals surface area contributed by atoms with Gasteiger partial charge in [-0.05, 0) is 31.5 Å². The van der Waals surface area contributed by atoms with Crippen molar-refractivity contribution in [1.82, 2.24) is 0 Å². The number of anilines is 1. The van der Waals surface area contributed by atoms with Crippen molar-refractivity contribution in [2.75, 3.05) is 11.4 Å². The minimum Gasteiger partial charge on any atom is -0.392 e. The fourth-order valence-corrected chi connectivity index (χ4v) is 3.47. The van der Waals surface area contributed by atoms with E-state index in [-0.39, 0.29) is 21.4 Å². The van der Waals surface area contributed by atoms with Crippen molar-refractivity contribution in [3.8, 4) is 0 Å². The summed E-state index contributed by atoms with van der Waals surface area (Å²) in [6, 6.07) is 4.30. The maximum absolute atomic E-state index is 13.2. The second-order valence-corrected chi connectivity index (χ2v) is 6.94. The highest BCUT2D eigenvalue weighted by atomic mass is 35.5. The minimum absolute atomic E-state index is 0.000653. The molecule has 20 heavy (non-hydrogen) atoms. The lowest BCUT2D eigenvalue weighted by molar-refractivity contribution is -0.116. The average molecular weight is 318 g/mol. The molecule has 1 aromatic rings. The Bertz CT molecular complexity index is 512. The third kappa shape index (κ3) is 3.27. The van der Waals surface area contributed by atoms with E-state index in [0.717, 1.165) is 6.42 Å². The topological polar surface area (TPSA) is 40.5 Å². The number of rotatable bonds is 4. The van der Waals surface area contributed by atoms with Crippen LogP contribution in [0.5, 0.6) is 0 Å². The van der Waals surface area contributed by atoms with E-state index >= 15 is 0 Å². The molecular weight excluding hydrogens is 301 g/mol. The first-order chi connectivity index (χ1) is 9.40. The molecule has 0 bridgehead atoms. The number of aliphatic hydroxyl groups is 1. The van der Waals surface area contributed by atoms with Crippen molar-refractivity contribution >= 4 is 35.0 Å². The summed E-state index contributed by atoms with van der Waals surface area (Å²) in [5.74, 6) is -0.499. The van der Waals surface area contributed by atoms with Crippen LogP contribution in [-0.2, 0) is 4.79 Å². The van der Waals surface area contributed by atoms with Crippen LogP contribution in [0, 0.1) is 5.82 Å². The van der Waals surface area contributed by atoms with Gasteiger partial charge in [-0.1, -0.05) is 18.5 Å². The molecule has 1 aliphatic rings. The van der Waals surface area contributed by atoms with Gasteiger partial charge in [0.15, 0.2) is 0 Å². The van der Waals surface area contributed by atoms with E-state index in [1.54, 1.807) is 17.9 Å². The molecule has 0 unspecified atom stereocenters. The Morgan fingerprint density at radius 2 is 2.20 bits per heavy atom. The quantitative estimate of drug-likeness (QED) is 0.927. The Balaban J connectivity index is 2.09. The molecule has 3 nitrogen and oxygen atoms in total. The van der Waals surface area contributed by atoms with Crippen molar-refractivity contribution in [2.45, 2.75) is 36.9 Å². The van der Waals surface area contributed by atoms with Gasteiger partial charge in [-0.25, -0.2) is 4.39 Å². The summed E-state index contributed by atoms with van der Waals surface area (Å²) in [7, 11) is 0. The lowest BCUT2D eigenvalue weighted by Gasteiger charge is -2.20. The largest absolute Gasteiger partial charge is 0.392 e. The average Bonchev–Trinajstić information content (AvgIpc) is 2.74. The summed E-state index contributed by atoms with van der Waals surface area (Å²) in [6.07, 6.45) is 0.261. The molecule has 6 heteroatoms. The molecule has 1 saturated heterocycles. The van der Waals surface area contributed by atoms with E-state index in [1.165, 1.54) is 23.9 Å². The summed E-state index contributed by atoms with van der Waals surface area (Å²) in [6.45, 7) is 4.21. The first-order valence-electron chi connectivity index (χ1n) is 6.50. The van der Waals surface area contributed by atoms with Gasteiger partial charge in [0.1, 0.15) is 5.82 Å². The smallest absolute Gasteiger partial charge is 0.240 e. The van der Waals surface area contributed by atoms with Crippen LogP contribution in [0.25, 0.3) is 0 Å². The monoisotopic (exact) mass is 317 g/mol. The predicted molar refractivity (Wildman–Crippen MR) is 80.9 cm³/mol. The molecule has 1 aliphatic heterocycles. The summed E-state index contributed by atoms with van der Waals surface area (Å²) in [4.78, 5) is 14.0. The standard InChI is InChI=1S/C14H17ClFNO2S/c1-8(18)9(2)20-13-5-6-17(14(13)19)10-3-4-12(16)11(15)7-10/h3-4,7-9,13,18H,5-6H2,1-2H3/t8-,9+,13+/m0/s1. The number of aliphatic hydroxyl groups excluding tert-OH is 1. The van der Waals surface area contributed by atoms with E-state index < -0.39 is 11.9 Å². The number of halogens is 2. The Morgan fingerprint density at radius 1 is 1.50 bits per heavy atom. The zero-order chi connectivity index (χ0) is 14.9. The Kier molecular flexibility index (Phi) is 4.94. The number of nitrogens with zero attached hydrogens (tertiary/aromatic N) is 1. The second-order valence-electron chi connectivity index (χ2n) is 4.95. The van der Waals surface area contributed by atoms with Crippen molar-refractivity contribution in [3.63, 3.8) is 0 Å². The Hall–Kier alpha value is -0.780. The van der Waals surface area contributed by atoms with Gasteiger partial charge in [-0.2, -0.15) is 0 Å². The molecule has 0 aliphatic carbocycles. The van der Waals surface area contributed by atoms with E-state index in [4.69, 9.17) is 11.6 Å². The first kappa shape index (κ1) is 15.6. The molecule has 0 radical (unpaired) electrons. The van der Waals surface area contributed by atoms with Crippen LogP contribution in [0.3, 0.4) is 0 Å². The van der Waals surface area contributed by atoms with Gasteiger partial charge >= 0.3 is 0 Å². The van der Waals surface area contributed by atoms with E-state index in [1.807, 2.05) is 6.92 Å². The van der Waals surface area contributed by atoms with Gasteiger partial charge in [-0.15, -0.1) is 11.8 Å². The second kappa shape index (κ2) is 6.33. The van der Waals surface area contributed by atoms with E-state index in [2.05, 4.69) is 0 Å². The maximum Gasteiger partial charge on any atom is 0.240 e. The van der Waals surface area contributed by atoms with Crippen LogP contribution in [0.2, 0.25) is 5.02 Å². The normalized spacial score (nSPS) is 22.1. The Labute approximate surface area is 127 Å². The van der Waals surface area contributed by atoms with Crippen LogP contribution >= 0.6 is 23.4 Å². The molecule has 0 aromatic heterocycles. The number of carbonyl (C=O) groups is 1.